The van der Waals surface area contributed by atoms with Crippen molar-refractivity contribution >= 4 is 11.8 Å². The fourth-order valence-electron chi connectivity index (χ4n) is 4.56. The molecule has 2 aliphatic rings. The van der Waals surface area contributed by atoms with E-state index in [1.165, 1.54) is 16.9 Å². The first-order chi connectivity index (χ1) is 15.7. The van der Waals surface area contributed by atoms with Gasteiger partial charge in [0.25, 0.3) is 11.8 Å². The molecule has 170 valence electrons. The molecule has 4 rings (SSSR count). The maximum absolute atomic E-state index is 12.4. The van der Waals surface area contributed by atoms with Crippen molar-refractivity contribution in [2.75, 3.05) is 46.4 Å². The molecule has 1 fully saturated rings. The van der Waals surface area contributed by atoms with Crippen molar-refractivity contribution < 1.29 is 14.3 Å². The van der Waals surface area contributed by atoms with Gasteiger partial charge in [0, 0.05) is 39.3 Å². The summed E-state index contributed by atoms with van der Waals surface area (Å²) in [6.07, 6.45) is 4.22. The number of unbranched alkanes of at least 4 members (excludes halogenated alkanes) is 3. The van der Waals surface area contributed by atoms with E-state index < -0.39 is 0 Å². The Balaban J connectivity index is 1.08. The number of ether oxygens (including phenoxy) is 1. The number of hydrogen-bond acceptors (Lipinski definition) is 5. The number of benzene rings is 2. The Labute approximate surface area is 190 Å². The van der Waals surface area contributed by atoms with Crippen molar-refractivity contribution in [3.63, 3.8) is 0 Å². The van der Waals surface area contributed by atoms with Crippen LogP contribution in [0.4, 0.5) is 0 Å². The Morgan fingerprint density at radius 3 is 1.88 bits per heavy atom. The van der Waals surface area contributed by atoms with Crippen LogP contribution < -0.4 is 4.74 Å². The van der Waals surface area contributed by atoms with Gasteiger partial charge in [-0.2, -0.15) is 0 Å². The zero-order chi connectivity index (χ0) is 22.3. The first kappa shape index (κ1) is 22.5. The summed E-state index contributed by atoms with van der Waals surface area (Å²) in [5, 5.41) is 0. The topological polar surface area (TPSA) is 53.1 Å². The quantitative estimate of drug-likeness (QED) is 0.421. The minimum absolute atomic E-state index is 0.141. The van der Waals surface area contributed by atoms with Crippen molar-refractivity contribution in [3.05, 3.63) is 65.2 Å². The Hall–Kier alpha value is -2.70. The number of methoxy groups -OCH3 is 1. The highest BCUT2D eigenvalue weighted by molar-refractivity contribution is 6.21. The van der Waals surface area contributed by atoms with Gasteiger partial charge in [0.15, 0.2) is 0 Å². The molecule has 2 heterocycles. The van der Waals surface area contributed by atoms with Gasteiger partial charge in [0.05, 0.1) is 18.2 Å². The molecule has 0 unspecified atom stereocenters. The predicted octanol–water partition coefficient (Wildman–Crippen LogP) is 3.67. The van der Waals surface area contributed by atoms with E-state index in [9.17, 15) is 9.59 Å². The maximum Gasteiger partial charge on any atom is 0.261 e. The maximum atomic E-state index is 12.4. The van der Waals surface area contributed by atoms with Crippen molar-refractivity contribution in [2.24, 2.45) is 0 Å². The number of hydrogen-bond donors (Lipinski definition) is 0. The SMILES string of the molecule is COc1ccc(CN2CCN(CCCCCCN3C(=O)c4ccccc4C3=O)CC2)cc1. The molecule has 0 atom stereocenters. The highest BCUT2D eigenvalue weighted by Gasteiger charge is 2.34. The molecule has 2 aromatic rings. The van der Waals surface area contributed by atoms with E-state index in [2.05, 4.69) is 21.9 Å². The van der Waals surface area contributed by atoms with Crippen LogP contribution in [0.2, 0.25) is 0 Å². The van der Waals surface area contributed by atoms with E-state index in [0.717, 1.165) is 64.3 Å². The second-order valence-corrected chi connectivity index (χ2v) is 8.69. The Bertz CT molecular complexity index is 885. The summed E-state index contributed by atoms with van der Waals surface area (Å²) in [6.45, 7) is 7.09. The number of carbonyl (C=O) groups excluding carboxylic acids is 2. The van der Waals surface area contributed by atoms with E-state index in [-0.39, 0.29) is 11.8 Å². The zero-order valence-corrected chi connectivity index (χ0v) is 19.0. The molecule has 0 radical (unpaired) electrons. The summed E-state index contributed by atoms with van der Waals surface area (Å²) >= 11 is 0. The van der Waals surface area contributed by atoms with Crippen LogP contribution in [0.5, 0.6) is 5.75 Å². The predicted molar refractivity (Wildman–Crippen MR) is 125 cm³/mol. The van der Waals surface area contributed by atoms with Gasteiger partial charge < -0.3 is 9.64 Å². The lowest BCUT2D eigenvalue weighted by molar-refractivity contribution is 0.0651. The first-order valence-electron chi connectivity index (χ1n) is 11.7. The number of carbonyl (C=O) groups is 2. The van der Waals surface area contributed by atoms with Gasteiger partial charge >= 0.3 is 0 Å². The van der Waals surface area contributed by atoms with Crippen LogP contribution in [-0.4, -0.2) is 72.9 Å². The fraction of sp³-hybridized carbons (Fsp3) is 0.462. The lowest BCUT2D eigenvalue weighted by Crippen LogP contribution is -2.46. The molecule has 32 heavy (non-hydrogen) atoms. The largest absolute Gasteiger partial charge is 0.497 e. The highest BCUT2D eigenvalue weighted by Crippen LogP contribution is 2.23. The lowest BCUT2D eigenvalue weighted by atomic mass is 10.1. The number of nitrogens with zero attached hydrogens (tertiary/aromatic N) is 3. The number of rotatable bonds is 10. The molecule has 0 bridgehead atoms. The van der Waals surface area contributed by atoms with Crippen LogP contribution in [0.15, 0.2) is 48.5 Å². The zero-order valence-electron chi connectivity index (χ0n) is 19.0. The van der Waals surface area contributed by atoms with Gasteiger partial charge in [0.1, 0.15) is 5.75 Å². The second kappa shape index (κ2) is 10.7. The van der Waals surface area contributed by atoms with Gasteiger partial charge in [-0.1, -0.05) is 37.1 Å². The molecule has 0 N–H and O–H groups in total. The molecule has 6 nitrogen and oxygen atoms in total. The smallest absolute Gasteiger partial charge is 0.261 e. The standard InChI is InChI=1S/C26H33N3O3/c1-32-22-12-10-21(11-13-22)20-28-18-16-27(17-19-28)14-6-2-3-7-15-29-25(30)23-8-4-5-9-24(23)26(29)31/h4-5,8-13H,2-3,6-7,14-20H2,1H3. The molecule has 0 aromatic heterocycles. The van der Waals surface area contributed by atoms with Crippen LogP contribution in [0, 0.1) is 0 Å². The van der Waals surface area contributed by atoms with Crippen molar-refractivity contribution in [1.29, 1.82) is 0 Å². The summed E-state index contributed by atoms with van der Waals surface area (Å²) < 4.78 is 5.23. The molecule has 2 amide bonds. The minimum Gasteiger partial charge on any atom is -0.497 e. The van der Waals surface area contributed by atoms with Crippen LogP contribution in [0.3, 0.4) is 0 Å². The van der Waals surface area contributed by atoms with E-state index in [0.29, 0.717) is 17.7 Å². The van der Waals surface area contributed by atoms with Gasteiger partial charge in [-0.15, -0.1) is 0 Å². The molecule has 2 aliphatic heterocycles. The Kier molecular flexibility index (Phi) is 7.55. The summed E-state index contributed by atoms with van der Waals surface area (Å²) in [5.74, 6) is 0.624. The van der Waals surface area contributed by atoms with Gasteiger partial charge in [-0.3, -0.25) is 19.4 Å². The molecule has 0 saturated carbocycles. The average Bonchev–Trinajstić information content (AvgIpc) is 3.07. The van der Waals surface area contributed by atoms with Gasteiger partial charge in [-0.25, -0.2) is 0 Å². The van der Waals surface area contributed by atoms with Crippen molar-refractivity contribution in [3.8, 4) is 5.75 Å². The average molecular weight is 436 g/mol. The number of fused-ring (bicyclic) bond motifs is 1. The molecule has 6 heteroatoms. The van der Waals surface area contributed by atoms with E-state index in [1.807, 2.05) is 24.3 Å². The van der Waals surface area contributed by atoms with E-state index in [1.54, 1.807) is 19.2 Å². The Morgan fingerprint density at radius 1 is 0.719 bits per heavy atom. The lowest BCUT2D eigenvalue weighted by Gasteiger charge is -2.34. The van der Waals surface area contributed by atoms with E-state index >= 15 is 0 Å². The third-order valence-electron chi connectivity index (χ3n) is 6.51. The monoisotopic (exact) mass is 435 g/mol. The van der Waals surface area contributed by atoms with Crippen LogP contribution in [-0.2, 0) is 6.54 Å². The number of imide groups is 1. The molecule has 2 aromatic carbocycles. The van der Waals surface area contributed by atoms with Crippen molar-refractivity contribution in [1.82, 2.24) is 14.7 Å². The minimum atomic E-state index is -0.141. The summed E-state index contributed by atoms with van der Waals surface area (Å²) in [5.41, 5.74) is 2.42. The van der Waals surface area contributed by atoms with Gasteiger partial charge in [0.2, 0.25) is 0 Å². The van der Waals surface area contributed by atoms with Crippen molar-refractivity contribution in [2.45, 2.75) is 32.2 Å². The fourth-order valence-corrected chi connectivity index (χ4v) is 4.56. The molecule has 1 saturated heterocycles. The summed E-state index contributed by atoms with van der Waals surface area (Å²) in [7, 11) is 1.70. The van der Waals surface area contributed by atoms with Crippen LogP contribution in [0.25, 0.3) is 0 Å². The van der Waals surface area contributed by atoms with E-state index in [4.69, 9.17) is 4.74 Å². The summed E-state index contributed by atoms with van der Waals surface area (Å²) in [6, 6.07) is 15.5. The molecule has 0 aliphatic carbocycles. The first-order valence-corrected chi connectivity index (χ1v) is 11.7. The number of piperazine rings is 1. The van der Waals surface area contributed by atoms with Gasteiger partial charge in [-0.05, 0) is 49.2 Å². The normalized spacial score (nSPS) is 17.1. The third kappa shape index (κ3) is 5.37. The summed E-state index contributed by atoms with van der Waals surface area (Å²) in [4.78, 5) is 31.3. The highest BCUT2D eigenvalue weighted by atomic mass is 16.5. The second-order valence-electron chi connectivity index (χ2n) is 8.69. The molecular weight excluding hydrogens is 402 g/mol. The number of amides is 2. The molecule has 0 spiro atoms. The van der Waals surface area contributed by atoms with Crippen LogP contribution >= 0.6 is 0 Å². The van der Waals surface area contributed by atoms with Crippen LogP contribution in [0.1, 0.15) is 52.0 Å². The Morgan fingerprint density at radius 2 is 1.28 bits per heavy atom. The third-order valence-corrected chi connectivity index (χ3v) is 6.51. The molecular formula is C26H33N3O3.